The van der Waals surface area contributed by atoms with Gasteiger partial charge in [0.2, 0.25) is 0 Å². The van der Waals surface area contributed by atoms with Crippen molar-refractivity contribution in [1.82, 2.24) is 15.2 Å². The van der Waals surface area contributed by atoms with E-state index in [4.69, 9.17) is 21.6 Å². The second kappa shape index (κ2) is 7.69. The second-order valence-corrected chi connectivity index (χ2v) is 6.05. The van der Waals surface area contributed by atoms with Crippen LogP contribution in [0.15, 0.2) is 22.8 Å². The van der Waals surface area contributed by atoms with Gasteiger partial charge < -0.3 is 4.90 Å². The maximum Gasteiger partial charge on any atom is 0.181 e. The van der Waals surface area contributed by atoms with Crippen LogP contribution in [0.3, 0.4) is 0 Å². The predicted octanol–water partition coefficient (Wildman–Crippen LogP) is 2.97. The summed E-state index contributed by atoms with van der Waals surface area (Å²) in [4.78, 5) is 2.11. The number of hydroxylamine groups is 1. The van der Waals surface area contributed by atoms with Gasteiger partial charge in [-0.3, -0.25) is 10.6 Å². The first-order valence-electron chi connectivity index (χ1n) is 7.36. The molecule has 1 aromatic carbocycles. The van der Waals surface area contributed by atoms with Crippen LogP contribution in [0.25, 0.3) is 0 Å². The van der Waals surface area contributed by atoms with Crippen LogP contribution in [0.4, 0.5) is 10.1 Å². The molecular formula is C15H19ClFN5O2. The molecule has 130 valence electrons. The molecule has 0 saturated carbocycles. The van der Waals surface area contributed by atoms with Crippen molar-refractivity contribution in [2.75, 3.05) is 18.7 Å². The molecule has 0 spiro atoms. The van der Waals surface area contributed by atoms with E-state index in [2.05, 4.69) is 29.1 Å². The van der Waals surface area contributed by atoms with Gasteiger partial charge in [-0.25, -0.2) is 14.1 Å². The lowest BCUT2D eigenvalue weighted by atomic mass is 10.2. The van der Waals surface area contributed by atoms with Gasteiger partial charge >= 0.3 is 0 Å². The SMILES string of the molecule is CC(C)N(C)CCc1nonc1C(=N)N(O)c1ccc(F)c(Cl)c1. The lowest BCUT2D eigenvalue weighted by Crippen LogP contribution is -2.30. The highest BCUT2D eigenvalue weighted by molar-refractivity contribution is 6.31. The van der Waals surface area contributed by atoms with Crippen LogP contribution >= 0.6 is 11.6 Å². The quantitative estimate of drug-likeness (QED) is 0.470. The summed E-state index contributed by atoms with van der Waals surface area (Å²) < 4.78 is 17.9. The number of anilines is 1. The first-order valence-corrected chi connectivity index (χ1v) is 7.73. The zero-order valence-corrected chi connectivity index (χ0v) is 14.4. The Balaban J connectivity index is 2.15. The molecule has 7 nitrogen and oxygen atoms in total. The van der Waals surface area contributed by atoms with E-state index < -0.39 is 5.82 Å². The van der Waals surface area contributed by atoms with Gasteiger partial charge in [0.1, 0.15) is 11.5 Å². The van der Waals surface area contributed by atoms with Crippen molar-refractivity contribution < 1.29 is 14.2 Å². The smallest absolute Gasteiger partial charge is 0.181 e. The maximum atomic E-state index is 13.2. The van der Waals surface area contributed by atoms with Crippen LogP contribution in [-0.4, -0.2) is 45.9 Å². The molecule has 2 aromatic rings. The summed E-state index contributed by atoms with van der Waals surface area (Å²) in [7, 11) is 1.97. The van der Waals surface area contributed by atoms with Crippen LogP contribution in [0.5, 0.6) is 0 Å². The van der Waals surface area contributed by atoms with E-state index >= 15 is 0 Å². The number of rotatable bonds is 6. The number of hydrogen-bond donors (Lipinski definition) is 2. The van der Waals surface area contributed by atoms with Crippen LogP contribution in [0.2, 0.25) is 5.02 Å². The van der Waals surface area contributed by atoms with E-state index in [9.17, 15) is 9.60 Å². The minimum Gasteiger partial charge on any atom is -0.304 e. The molecule has 0 atom stereocenters. The first kappa shape index (κ1) is 18.3. The van der Waals surface area contributed by atoms with Crippen molar-refractivity contribution in [2.45, 2.75) is 26.3 Å². The number of benzene rings is 1. The van der Waals surface area contributed by atoms with Gasteiger partial charge in [0.15, 0.2) is 11.5 Å². The summed E-state index contributed by atoms with van der Waals surface area (Å²) in [6.07, 6.45) is 0.508. The highest BCUT2D eigenvalue weighted by Crippen LogP contribution is 2.23. The van der Waals surface area contributed by atoms with E-state index in [1.807, 2.05) is 7.05 Å². The fourth-order valence-electron chi connectivity index (χ4n) is 1.94. The molecule has 9 heteroatoms. The first-order chi connectivity index (χ1) is 11.3. The fraction of sp³-hybridized carbons (Fsp3) is 0.400. The van der Waals surface area contributed by atoms with Crippen molar-refractivity contribution >= 4 is 23.1 Å². The Morgan fingerprint density at radius 1 is 1.42 bits per heavy atom. The van der Waals surface area contributed by atoms with Gasteiger partial charge in [-0.05, 0) is 44.3 Å². The average Bonchev–Trinajstić information content (AvgIpc) is 3.02. The molecule has 0 saturated heterocycles. The van der Waals surface area contributed by atoms with Crippen LogP contribution in [0.1, 0.15) is 25.2 Å². The number of likely N-dealkylation sites (N-methyl/N-ethyl adjacent to an activating group) is 1. The Morgan fingerprint density at radius 3 is 2.75 bits per heavy atom. The minimum atomic E-state index is -0.610. The zero-order chi connectivity index (χ0) is 17.9. The molecule has 0 aliphatic heterocycles. The molecule has 2 N–H and O–H groups in total. The van der Waals surface area contributed by atoms with Crippen LogP contribution < -0.4 is 5.06 Å². The van der Waals surface area contributed by atoms with E-state index in [1.54, 1.807) is 0 Å². The summed E-state index contributed by atoms with van der Waals surface area (Å²) >= 11 is 5.70. The molecular weight excluding hydrogens is 337 g/mol. The standard InChI is InChI=1S/C15H19ClFN5O2/c1-9(2)21(3)7-6-13-14(20-24-19-13)15(18)22(23)10-4-5-12(17)11(16)8-10/h4-5,8-9,18,23H,6-7H2,1-3H3. The average molecular weight is 356 g/mol. The molecule has 0 amide bonds. The number of nitrogens with zero attached hydrogens (tertiary/aromatic N) is 4. The van der Waals surface area contributed by atoms with E-state index in [1.165, 1.54) is 12.1 Å². The summed E-state index contributed by atoms with van der Waals surface area (Å²) in [5.74, 6) is -0.943. The lowest BCUT2D eigenvalue weighted by Gasteiger charge is -2.20. The predicted molar refractivity (Wildman–Crippen MR) is 88.3 cm³/mol. The highest BCUT2D eigenvalue weighted by atomic mass is 35.5. The molecule has 0 aliphatic carbocycles. The van der Waals surface area contributed by atoms with Gasteiger partial charge in [-0.1, -0.05) is 16.8 Å². The van der Waals surface area contributed by atoms with Gasteiger partial charge in [0, 0.05) is 19.0 Å². The summed E-state index contributed by atoms with van der Waals surface area (Å²) in [6.45, 7) is 4.83. The molecule has 2 rings (SSSR count). The van der Waals surface area contributed by atoms with Crippen LogP contribution in [-0.2, 0) is 6.42 Å². The molecule has 0 bridgehead atoms. The van der Waals surface area contributed by atoms with E-state index in [-0.39, 0.29) is 22.2 Å². The van der Waals surface area contributed by atoms with Crippen LogP contribution in [0, 0.1) is 11.2 Å². The minimum absolute atomic E-state index is 0.120. The Kier molecular flexibility index (Phi) is 5.87. The van der Waals surface area contributed by atoms with Gasteiger partial charge in [-0.2, -0.15) is 0 Å². The third kappa shape index (κ3) is 4.08. The van der Waals surface area contributed by atoms with E-state index in [0.717, 1.165) is 6.07 Å². The highest BCUT2D eigenvalue weighted by Gasteiger charge is 2.22. The Morgan fingerprint density at radius 2 is 2.12 bits per heavy atom. The van der Waals surface area contributed by atoms with Gasteiger partial charge in [-0.15, -0.1) is 0 Å². The van der Waals surface area contributed by atoms with Crippen molar-refractivity contribution in [3.05, 3.63) is 40.4 Å². The third-order valence-electron chi connectivity index (χ3n) is 3.72. The summed E-state index contributed by atoms with van der Waals surface area (Å²) in [5, 5.41) is 26.1. The monoisotopic (exact) mass is 355 g/mol. The van der Waals surface area contributed by atoms with Crippen molar-refractivity contribution in [3.8, 4) is 0 Å². The largest absolute Gasteiger partial charge is 0.304 e. The third-order valence-corrected chi connectivity index (χ3v) is 4.01. The maximum absolute atomic E-state index is 13.2. The Labute approximate surface area is 144 Å². The normalized spacial score (nSPS) is 11.3. The fourth-order valence-corrected chi connectivity index (χ4v) is 2.11. The molecule has 1 heterocycles. The van der Waals surface area contributed by atoms with Crippen molar-refractivity contribution in [2.24, 2.45) is 0 Å². The number of nitrogens with one attached hydrogen (secondary N) is 1. The van der Waals surface area contributed by atoms with Crippen molar-refractivity contribution in [3.63, 3.8) is 0 Å². The Bertz CT molecular complexity index is 722. The molecule has 0 aliphatic rings. The molecule has 0 fully saturated rings. The summed E-state index contributed by atoms with van der Waals surface area (Å²) in [5.41, 5.74) is 0.717. The zero-order valence-electron chi connectivity index (χ0n) is 13.6. The topological polar surface area (TPSA) is 89.5 Å². The van der Waals surface area contributed by atoms with Gasteiger partial charge in [0.05, 0.1) is 10.7 Å². The second-order valence-electron chi connectivity index (χ2n) is 5.64. The summed E-state index contributed by atoms with van der Waals surface area (Å²) in [6, 6.07) is 3.98. The lowest BCUT2D eigenvalue weighted by molar-refractivity contribution is 0.270. The van der Waals surface area contributed by atoms with Gasteiger partial charge in [0.25, 0.3) is 0 Å². The van der Waals surface area contributed by atoms with E-state index in [0.29, 0.717) is 29.8 Å². The number of halogens is 2. The van der Waals surface area contributed by atoms with Crippen molar-refractivity contribution in [1.29, 1.82) is 5.41 Å². The molecule has 1 aromatic heterocycles. The molecule has 0 unspecified atom stereocenters. The Hall–Kier alpha value is -2.03. The molecule has 0 radical (unpaired) electrons. The number of amidine groups is 1. The number of aromatic nitrogens is 2. The number of hydrogen-bond acceptors (Lipinski definition) is 6. The molecule has 24 heavy (non-hydrogen) atoms.